The van der Waals surface area contributed by atoms with Gasteiger partial charge < -0.3 is 15.0 Å². The number of nitrogens with zero attached hydrogens (tertiary/aromatic N) is 1. The molecule has 3 aromatic carbocycles. The number of ether oxygens (including phenoxy) is 1. The Kier molecular flexibility index (Phi) is 7.63. The Morgan fingerprint density at radius 3 is 2.28 bits per heavy atom. The van der Waals surface area contributed by atoms with Crippen molar-refractivity contribution in [2.45, 2.75) is 13.5 Å². The van der Waals surface area contributed by atoms with Gasteiger partial charge in [-0.2, -0.15) is 0 Å². The molecule has 0 aliphatic carbocycles. The Balaban J connectivity index is 1.85. The third-order valence-electron chi connectivity index (χ3n) is 4.89. The van der Waals surface area contributed by atoms with Crippen LogP contribution in [0.1, 0.15) is 31.8 Å². The number of anilines is 1. The van der Waals surface area contributed by atoms with Gasteiger partial charge in [0.25, 0.3) is 11.8 Å². The number of methoxy groups -OCH3 is 1. The Morgan fingerprint density at radius 2 is 1.62 bits per heavy atom. The lowest BCUT2D eigenvalue weighted by atomic mass is 10.1. The van der Waals surface area contributed by atoms with Crippen molar-refractivity contribution in [1.82, 2.24) is 4.90 Å². The van der Waals surface area contributed by atoms with Crippen LogP contribution >= 0.6 is 11.6 Å². The SMILES string of the molecule is COC(=O)CN(Cc1ccc(Cl)cc1)C(=O)c1ccc(C)c(NC(=O)c2ccccc2)c1. The van der Waals surface area contributed by atoms with Crippen LogP contribution in [0, 0.1) is 6.92 Å². The number of hydrogen-bond donors (Lipinski definition) is 1. The molecule has 0 bridgehead atoms. The van der Waals surface area contributed by atoms with Crippen LogP contribution in [0.5, 0.6) is 0 Å². The number of carbonyl (C=O) groups is 3. The highest BCUT2D eigenvalue weighted by Gasteiger charge is 2.21. The van der Waals surface area contributed by atoms with Crippen LogP contribution in [0.2, 0.25) is 5.02 Å². The van der Waals surface area contributed by atoms with E-state index < -0.39 is 5.97 Å². The molecule has 0 aliphatic heterocycles. The van der Waals surface area contributed by atoms with Gasteiger partial charge in [-0.15, -0.1) is 0 Å². The second-order valence-corrected chi connectivity index (χ2v) is 7.65. The third kappa shape index (κ3) is 5.95. The quantitative estimate of drug-likeness (QED) is 0.528. The van der Waals surface area contributed by atoms with Gasteiger partial charge in [0.05, 0.1) is 7.11 Å². The van der Waals surface area contributed by atoms with Crippen molar-refractivity contribution in [1.29, 1.82) is 0 Å². The fourth-order valence-electron chi connectivity index (χ4n) is 3.09. The van der Waals surface area contributed by atoms with E-state index in [4.69, 9.17) is 16.3 Å². The Morgan fingerprint density at radius 1 is 0.938 bits per heavy atom. The smallest absolute Gasteiger partial charge is 0.325 e. The van der Waals surface area contributed by atoms with Crippen LogP contribution in [-0.2, 0) is 16.1 Å². The highest BCUT2D eigenvalue weighted by molar-refractivity contribution is 6.30. The number of nitrogens with one attached hydrogen (secondary N) is 1. The Hall–Kier alpha value is -3.64. The minimum absolute atomic E-state index is 0.199. The number of carbonyl (C=O) groups excluding carboxylic acids is 3. The van der Waals surface area contributed by atoms with Crippen LogP contribution in [0.3, 0.4) is 0 Å². The predicted molar refractivity (Wildman–Crippen MR) is 124 cm³/mol. The molecule has 7 heteroatoms. The summed E-state index contributed by atoms with van der Waals surface area (Å²) in [5, 5.41) is 3.43. The topological polar surface area (TPSA) is 75.7 Å². The van der Waals surface area contributed by atoms with E-state index in [1.165, 1.54) is 12.0 Å². The van der Waals surface area contributed by atoms with Crippen LogP contribution in [-0.4, -0.2) is 36.3 Å². The van der Waals surface area contributed by atoms with E-state index in [0.29, 0.717) is 21.8 Å². The summed E-state index contributed by atoms with van der Waals surface area (Å²) in [4.78, 5) is 39.1. The van der Waals surface area contributed by atoms with Crippen molar-refractivity contribution in [3.8, 4) is 0 Å². The van der Waals surface area contributed by atoms with E-state index in [2.05, 4.69) is 5.32 Å². The summed E-state index contributed by atoms with van der Waals surface area (Å²) in [6.07, 6.45) is 0. The number of amides is 2. The number of halogens is 1. The van der Waals surface area contributed by atoms with Crippen molar-refractivity contribution >= 4 is 35.1 Å². The second-order valence-electron chi connectivity index (χ2n) is 7.21. The van der Waals surface area contributed by atoms with Gasteiger partial charge in [-0.3, -0.25) is 14.4 Å². The first-order chi connectivity index (χ1) is 15.4. The number of aryl methyl sites for hydroxylation is 1. The molecule has 0 saturated heterocycles. The number of hydrogen-bond acceptors (Lipinski definition) is 4. The van der Waals surface area contributed by atoms with Gasteiger partial charge in [-0.25, -0.2) is 0 Å². The summed E-state index contributed by atoms with van der Waals surface area (Å²) >= 11 is 5.94. The molecule has 0 saturated carbocycles. The molecule has 6 nitrogen and oxygen atoms in total. The minimum atomic E-state index is -0.531. The minimum Gasteiger partial charge on any atom is -0.468 e. The zero-order chi connectivity index (χ0) is 23.1. The van der Waals surface area contributed by atoms with Gasteiger partial charge in [0, 0.05) is 28.4 Å². The van der Waals surface area contributed by atoms with Crippen LogP contribution < -0.4 is 5.32 Å². The van der Waals surface area contributed by atoms with E-state index in [9.17, 15) is 14.4 Å². The van der Waals surface area contributed by atoms with Gasteiger partial charge in [0.15, 0.2) is 0 Å². The average molecular weight is 451 g/mol. The molecule has 0 fully saturated rings. The van der Waals surface area contributed by atoms with Gasteiger partial charge in [-0.1, -0.05) is 48.0 Å². The van der Waals surface area contributed by atoms with Gasteiger partial charge in [-0.05, 0) is 54.4 Å². The van der Waals surface area contributed by atoms with E-state index in [0.717, 1.165) is 11.1 Å². The van der Waals surface area contributed by atoms with Gasteiger partial charge >= 0.3 is 5.97 Å². The normalized spacial score (nSPS) is 10.3. The number of esters is 1. The highest BCUT2D eigenvalue weighted by Crippen LogP contribution is 2.20. The maximum absolute atomic E-state index is 13.3. The molecule has 3 aromatic rings. The number of rotatable bonds is 7. The lowest BCUT2D eigenvalue weighted by Crippen LogP contribution is -2.35. The van der Waals surface area contributed by atoms with Gasteiger partial charge in [0.1, 0.15) is 6.54 Å². The monoisotopic (exact) mass is 450 g/mol. The molecule has 0 spiro atoms. The lowest BCUT2D eigenvalue weighted by Gasteiger charge is -2.22. The maximum atomic E-state index is 13.3. The zero-order valence-corrected chi connectivity index (χ0v) is 18.6. The summed E-state index contributed by atoms with van der Waals surface area (Å²) in [5.41, 5.74) is 3.00. The second kappa shape index (κ2) is 10.6. The van der Waals surface area contributed by atoms with Crippen molar-refractivity contribution in [3.05, 3.63) is 100 Å². The molecule has 0 aliphatic rings. The summed E-state index contributed by atoms with van der Waals surface area (Å²) in [5.74, 6) is -1.16. The fraction of sp³-hybridized carbons (Fsp3) is 0.160. The molecule has 32 heavy (non-hydrogen) atoms. The maximum Gasteiger partial charge on any atom is 0.325 e. The third-order valence-corrected chi connectivity index (χ3v) is 5.14. The fourth-order valence-corrected chi connectivity index (χ4v) is 3.21. The van der Waals surface area contributed by atoms with Crippen molar-refractivity contribution in [2.75, 3.05) is 19.0 Å². The van der Waals surface area contributed by atoms with Crippen molar-refractivity contribution in [3.63, 3.8) is 0 Å². The predicted octanol–water partition coefficient (Wildman–Crippen LogP) is 4.72. The molecule has 0 atom stereocenters. The first kappa shape index (κ1) is 23.0. The van der Waals surface area contributed by atoms with Crippen LogP contribution in [0.15, 0.2) is 72.8 Å². The largest absolute Gasteiger partial charge is 0.468 e. The molecule has 164 valence electrons. The summed E-state index contributed by atoms with van der Waals surface area (Å²) in [6, 6.07) is 20.9. The Labute approximate surface area is 191 Å². The van der Waals surface area contributed by atoms with E-state index >= 15 is 0 Å². The molecule has 0 heterocycles. The molecule has 0 radical (unpaired) electrons. The van der Waals surface area contributed by atoms with E-state index in [1.807, 2.05) is 13.0 Å². The zero-order valence-electron chi connectivity index (χ0n) is 17.8. The molecular weight excluding hydrogens is 428 g/mol. The van der Waals surface area contributed by atoms with Crippen molar-refractivity contribution < 1.29 is 19.1 Å². The first-order valence-corrected chi connectivity index (χ1v) is 10.3. The standard InChI is InChI=1S/C25H23ClN2O4/c1-17-8-11-20(14-22(17)27-24(30)19-6-4-3-5-7-19)25(31)28(16-23(29)32-2)15-18-9-12-21(26)13-10-18/h3-14H,15-16H2,1-2H3,(H,27,30). The van der Waals surface area contributed by atoms with Crippen LogP contribution in [0.4, 0.5) is 5.69 Å². The lowest BCUT2D eigenvalue weighted by molar-refractivity contribution is -0.141. The summed E-state index contributed by atoms with van der Waals surface area (Å²) in [6.45, 7) is 1.83. The van der Waals surface area contributed by atoms with Crippen LogP contribution in [0.25, 0.3) is 0 Å². The molecule has 1 N–H and O–H groups in total. The molecule has 3 rings (SSSR count). The average Bonchev–Trinajstić information content (AvgIpc) is 2.81. The van der Waals surface area contributed by atoms with E-state index in [1.54, 1.807) is 66.7 Å². The molecule has 2 amide bonds. The number of benzene rings is 3. The summed E-state index contributed by atoms with van der Waals surface area (Å²) in [7, 11) is 1.27. The van der Waals surface area contributed by atoms with Crippen molar-refractivity contribution in [2.24, 2.45) is 0 Å². The molecular formula is C25H23ClN2O4. The molecule has 0 unspecified atom stereocenters. The molecule has 0 aromatic heterocycles. The highest BCUT2D eigenvalue weighted by atomic mass is 35.5. The Bertz CT molecular complexity index is 1110. The first-order valence-electron chi connectivity index (χ1n) is 9.95. The van der Waals surface area contributed by atoms with Gasteiger partial charge in [0.2, 0.25) is 0 Å². The van der Waals surface area contributed by atoms with E-state index in [-0.39, 0.29) is 24.9 Å². The summed E-state index contributed by atoms with van der Waals surface area (Å²) < 4.78 is 4.76.